The van der Waals surface area contributed by atoms with Crippen LogP contribution >= 0.6 is 0 Å². The molecular formula is C14H27N3O2. The lowest BCUT2D eigenvalue weighted by Gasteiger charge is -2.36. The van der Waals surface area contributed by atoms with E-state index >= 15 is 0 Å². The summed E-state index contributed by atoms with van der Waals surface area (Å²) in [5.41, 5.74) is 5.93. The summed E-state index contributed by atoms with van der Waals surface area (Å²) in [6.07, 6.45) is 2.06. The minimum Gasteiger partial charge on any atom is -0.346 e. The van der Waals surface area contributed by atoms with Crippen LogP contribution in [0.15, 0.2) is 0 Å². The van der Waals surface area contributed by atoms with Crippen molar-refractivity contribution in [2.24, 2.45) is 17.6 Å². The summed E-state index contributed by atoms with van der Waals surface area (Å²) in [6, 6.07) is -0.413. The molecule has 2 atom stereocenters. The van der Waals surface area contributed by atoms with Crippen molar-refractivity contribution < 1.29 is 9.59 Å². The zero-order valence-corrected chi connectivity index (χ0v) is 12.6. The van der Waals surface area contributed by atoms with Gasteiger partial charge < -0.3 is 15.5 Å². The standard InChI is InChI=1S/C14H27N3O2/c1-10(2)13(15)14(19)17-7-5-6-12(9-17)8-16(4)11(3)18/h10,12-13H,5-9,15H2,1-4H3/t12?,13-/m0/s1. The zero-order chi connectivity index (χ0) is 14.6. The lowest BCUT2D eigenvalue weighted by Crippen LogP contribution is -2.51. The maximum absolute atomic E-state index is 12.2. The lowest BCUT2D eigenvalue weighted by molar-refractivity contribution is -0.135. The molecule has 1 saturated heterocycles. The first-order valence-corrected chi connectivity index (χ1v) is 7.09. The molecule has 0 radical (unpaired) electrons. The van der Waals surface area contributed by atoms with Crippen molar-refractivity contribution in [1.29, 1.82) is 0 Å². The fourth-order valence-electron chi connectivity index (χ4n) is 2.43. The van der Waals surface area contributed by atoms with Gasteiger partial charge in [0.25, 0.3) is 0 Å². The van der Waals surface area contributed by atoms with Crippen LogP contribution in [0.2, 0.25) is 0 Å². The molecule has 0 aliphatic carbocycles. The Labute approximate surface area is 116 Å². The second kappa shape index (κ2) is 6.89. The molecule has 1 fully saturated rings. The normalized spacial score (nSPS) is 21.4. The van der Waals surface area contributed by atoms with E-state index in [9.17, 15) is 9.59 Å². The first-order chi connectivity index (χ1) is 8.82. The minimum atomic E-state index is -0.413. The molecule has 5 heteroatoms. The summed E-state index contributed by atoms with van der Waals surface area (Å²) < 4.78 is 0. The van der Waals surface area contributed by atoms with Gasteiger partial charge in [-0.05, 0) is 24.7 Å². The quantitative estimate of drug-likeness (QED) is 0.816. The summed E-state index contributed by atoms with van der Waals surface area (Å²) in [5, 5.41) is 0. The van der Waals surface area contributed by atoms with Crippen molar-refractivity contribution in [2.45, 2.75) is 39.7 Å². The molecule has 5 nitrogen and oxygen atoms in total. The van der Waals surface area contributed by atoms with Gasteiger partial charge in [0, 0.05) is 33.6 Å². The molecule has 2 N–H and O–H groups in total. The number of nitrogens with two attached hydrogens (primary N) is 1. The van der Waals surface area contributed by atoms with Gasteiger partial charge in [0.2, 0.25) is 11.8 Å². The van der Waals surface area contributed by atoms with Crippen molar-refractivity contribution in [1.82, 2.24) is 9.80 Å². The molecular weight excluding hydrogens is 242 g/mol. The molecule has 0 aromatic heterocycles. The second-order valence-corrected chi connectivity index (χ2v) is 5.96. The van der Waals surface area contributed by atoms with Crippen LogP contribution in [-0.4, -0.2) is 54.3 Å². The lowest BCUT2D eigenvalue weighted by atomic mass is 9.95. The Bertz CT molecular complexity index is 331. The molecule has 0 aromatic rings. The van der Waals surface area contributed by atoms with E-state index in [-0.39, 0.29) is 17.7 Å². The zero-order valence-electron chi connectivity index (χ0n) is 12.6. The summed E-state index contributed by atoms with van der Waals surface area (Å²) in [7, 11) is 1.81. The molecule has 0 saturated carbocycles. The monoisotopic (exact) mass is 269 g/mol. The molecule has 0 aromatic carbocycles. The predicted octanol–water partition coefficient (Wildman–Crippen LogP) is 0.687. The Morgan fingerprint density at radius 3 is 2.58 bits per heavy atom. The highest BCUT2D eigenvalue weighted by molar-refractivity contribution is 5.82. The highest BCUT2D eigenvalue weighted by Gasteiger charge is 2.29. The average molecular weight is 269 g/mol. The summed E-state index contributed by atoms with van der Waals surface area (Å²) >= 11 is 0. The SMILES string of the molecule is CC(=O)N(C)CC1CCCN(C(=O)[C@@H](N)C(C)C)C1. The first kappa shape index (κ1) is 16.0. The molecule has 1 aliphatic rings. The topological polar surface area (TPSA) is 66.6 Å². The Morgan fingerprint density at radius 1 is 1.42 bits per heavy atom. The Morgan fingerprint density at radius 2 is 2.05 bits per heavy atom. The van der Waals surface area contributed by atoms with E-state index in [4.69, 9.17) is 5.73 Å². The number of carbonyl (C=O) groups is 2. The van der Waals surface area contributed by atoms with Gasteiger partial charge in [0.1, 0.15) is 0 Å². The highest BCUT2D eigenvalue weighted by atomic mass is 16.2. The first-order valence-electron chi connectivity index (χ1n) is 7.09. The van der Waals surface area contributed by atoms with Crippen molar-refractivity contribution in [3.05, 3.63) is 0 Å². The molecule has 19 heavy (non-hydrogen) atoms. The highest BCUT2D eigenvalue weighted by Crippen LogP contribution is 2.19. The van der Waals surface area contributed by atoms with Gasteiger partial charge in [-0.1, -0.05) is 13.8 Å². The second-order valence-electron chi connectivity index (χ2n) is 5.96. The van der Waals surface area contributed by atoms with Gasteiger partial charge in [-0.3, -0.25) is 9.59 Å². The number of carbonyl (C=O) groups excluding carboxylic acids is 2. The van der Waals surface area contributed by atoms with Gasteiger partial charge >= 0.3 is 0 Å². The van der Waals surface area contributed by atoms with Crippen LogP contribution < -0.4 is 5.73 Å². The predicted molar refractivity (Wildman–Crippen MR) is 75.4 cm³/mol. The van der Waals surface area contributed by atoms with Gasteiger partial charge in [-0.2, -0.15) is 0 Å². The maximum Gasteiger partial charge on any atom is 0.239 e. The van der Waals surface area contributed by atoms with Gasteiger partial charge in [-0.15, -0.1) is 0 Å². The number of piperidine rings is 1. The number of likely N-dealkylation sites (tertiary alicyclic amines) is 1. The third-order valence-corrected chi connectivity index (χ3v) is 3.90. The number of amides is 2. The Hall–Kier alpha value is -1.10. The van der Waals surface area contributed by atoms with Gasteiger partial charge in [0.05, 0.1) is 6.04 Å². The molecule has 1 aliphatic heterocycles. The average Bonchev–Trinajstić information content (AvgIpc) is 2.37. The van der Waals surface area contributed by atoms with Gasteiger partial charge in [0.15, 0.2) is 0 Å². The molecule has 2 amide bonds. The summed E-state index contributed by atoms with van der Waals surface area (Å²) in [6.45, 7) is 7.73. The maximum atomic E-state index is 12.2. The van der Waals surface area contributed by atoms with Crippen LogP contribution in [-0.2, 0) is 9.59 Å². The van der Waals surface area contributed by atoms with Gasteiger partial charge in [-0.25, -0.2) is 0 Å². The fourth-order valence-corrected chi connectivity index (χ4v) is 2.43. The fraction of sp³-hybridized carbons (Fsp3) is 0.857. The Kier molecular flexibility index (Phi) is 5.79. The summed E-state index contributed by atoms with van der Waals surface area (Å²) in [4.78, 5) is 27.1. The third-order valence-electron chi connectivity index (χ3n) is 3.90. The molecule has 0 bridgehead atoms. The molecule has 1 rings (SSSR count). The van der Waals surface area contributed by atoms with Crippen molar-refractivity contribution >= 4 is 11.8 Å². The number of rotatable bonds is 4. The molecule has 0 spiro atoms. The smallest absolute Gasteiger partial charge is 0.239 e. The minimum absolute atomic E-state index is 0.0465. The Balaban J connectivity index is 2.54. The van der Waals surface area contributed by atoms with E-state index in [1.807, 2.05) is 25.8 Å². The van der Waals surface area contributed by atoms with Crippen LogP contribution in [0.5, 0.6) is 0 Å². The van der Waals surface area contributed by atoms with Crippen molar-refractivity contribution in [2.75, 3.05) is 26.7 Å². The van der Waals surface area contributed by atoms with E-state index in [0.29, 0.717) is 5.92 Å². The summed E-state index contributed by atoms with van der Waals surface area (Å²) in [5.74, 6) is 0.645. The van der Waals surface area contributed by atoms with Crippen LogP contribution in [0.4, 0.5) is 0 Å². The molecule has 1 unspecified atom stereocenters. The number of hydrogen-bond acceptors (Lipinski definition) is 3. The molecule has 110 valence electrons. The largest absolute Gasteiger partial charge is 0.346 e. The van der Waals surface area contributed by atoms with E-state index in [1.165, 1.54) is 0 Å². The third kappa shape index (κ3) is 4.49. The van der Waals surface area contributed by atoms with Crippen molar-refractivity contribution in [3.63, 3.8) is 0 Å². The van der Waals surface area contributed by atoms with Crippen LogP contribution in [0.3, 0.4) is 0 Å². The van der Waals surface area contributed by atoms with E-state index < -0.39 is 6.04 Å². The van der Waals surface area contributed by atoms with Crippen LogP contribution in [0.25, 0.3) is 0 Å². The number of nitrogens with zero attached hydrogens (tertiary/aromatic N) is 2. The van der Waals surface area contributed by atoms with E-state index in [1.54, 1.807) is 11.8 Å². The van der Waals surface area contributed by atoms with E-state index in [0.717, 1.165) is 32.5 Å². The van der Waals surface area contributed by atoms with Crippen LogP contribution in [0, 0.1) is 11.8 Å². The molecule has 1 heterocycles. The number of hydrogen-bond donors (Lipinski definition) is 1. The van der Waals surface area contributed by atoms with Crippen molar-refractivity contribution in [3.8, 4) is 0 Å². The van der Waals surface area contributed by atoms with Crippen LogP contribution in [0.1, 0.15) is 33.6 Å². The van der Waals surface area contributed by atoms with E-state index in [2.05, 4.69) is 0 Å².